The molecule has 5 nitrogen and oxygen atoms in total. The molecule has 0 aliphatic carbocycles. The van der Waals surface area contributed by atoms with E-state index in [0.717, 1.165) is 0 Å². The lowest BCUT2D eigenvalue weighted by atomic mass is 11.0. The minimum absolute atomic E-state index is 0.0208. The lowest BCUT2D eigenvalue weighted by Crippen LogP contribution is -2.13. The highest BCUT2D eigenvalue weighted by atomic mass is 32.2. The third kappa shape index (κ3) is 9.12. The molecular weight excluding hydrogens is 166 g/mol. The van der Waals surface area contributed by atoms with E-state index >= 15 is 0 Å². The SMILES string of the molecule is CCS(N)(=O)=O.c1c[nH]cn1. The number of hydrogen-bond acceptors (Lipinski definition) is 3. The Morgan fingerprint density at radius 2 is 2.18 bits per heavy atom. The summed E-state index contributed by atoms with van der Waals surface area (Å²) in [5.74, 6) is 0.0208. The number of aromatic nitrogens is 2. The van der Waals surface area contributed by atoms with E-state index in [4.69, 9.17) is 0 Å². The summed E-state index contributed by atoms with van der Waals surface area (Å²) >= 11 is 0. The second-order valence-electron chi connectivity index (χ2n) is 1.71. The Bertz CT molecular complexity index is 236. The van der Waals surface area contributed by atoms with Gasteiger partial charge in [0.05, 0.1) is 12.1 Å². The van der Waals surface area contributed by atoms with E-state index in [1.807, 2.05) is 0 Å². The molecule has 0 amide bonds. The predicted octanol–water partition coefficient (Wildman–Crippen LogP) is -0.296. The van der Waals surface area contributed by atoms with Crippen LogP contribution in [0.5, 0.6) is 0 Å². The Labute approximate surface area is 65.7 Å². The van der Waals surface area contributed by atoms with Gasteiger partial charge in [0.25, 0.3) is 0 Å². The van der Waals surface area contributed by atoms with Crippen LogP contribution in [0.2, 0.25) is 0 Å². The van der Waals surface area contributed by atoms with Gasteiger partial charge >= 0.3 is 0 Å². The molecule has 1 rings (SSSR count). The topological polar surface area (TPSA) is 88.8 Å². The maximum Gasteiger partial charge on any atom is 0.208 e. The minimum atomic E-state index is -3.16. The maximum atomic E-state index is 9.78. The third-order valence-corrected chi connectivity index (χ3v) is 1.61. The first-order chi connectivity index (χ1) is 5.06. The van der Waals surface area contributed by atoms with Crippen molar-refractivity contribution in [1.29, 1.82) is 0 Å². The van der Waals surface area contributed by atoms with Crippen molar-refractivity contribution < 1.29 is 8.42 Å². The molecule has 11 heavy (non-hydrogen) atoms. The monoisotopic (exact) mass is 177 g/mol. The zero-order valence-electron chi connectivity index (χ0n) is 6.19. The van der Waals surface area contributed by atoms with Crippen molar-refractivity contribution in [2.24, 2.45) is 5.14 Å². The summed E-state index contributed by atoms with van der Waals surface area (Å²) in [5, 5.41) is 4.51. The fourth-order valence-electron chi connectivity index (χ4n) is 0.215. The zero-order chi connectivity index (χ0) is 8.74. The van der Waals surface area contributed by atoms with Gasteiger partial charge in [-0.1, -0.05) is 0 Å². The number of hydrogen-bond donors (Lipinski definition) is 2. The first-order valence-corrected chi connectivity index (χ1v) is 4.71. The zero-order valence-corrected chi connectivity index (χ0v) is 7.00. The molecule has 1 aromatic heterocycles. The van der Waals surface area contributed by atoms with E-state index < -0.39 is 10.0 Å². The van der Waals surface area contributed by atoms with Gasteiger partial charge in [-0.25, -0.2) is 18.5 Å². The van der Waals surface area contributed by atoms with Gasteiger partial charge in [-0.2, -0.15) is 0 Å². The molecule has 0 atom stereocenters. The summed E-state index contributed by atoms with van der Waals surface area (Å²) in [6.07, 6.45) is 5.08. The Balaban J connectivity index is 0.000000183. The highest BCUT2D eigenvalue weighted by Crippen LogP contribution is 1.68. The van der Waals surface area contributed by atoms with Crippen LogP contribution in [-0.4, -0.2) is 24.1 Å². The van der Waals surface area contributed by atoms with Gasteiger partial charge in [0.15, 0.2) is 0 Å². The van der Waals surface area contributed by atoms with Crippen LogP contribution in [0.15, 0.2) is 18.7 Å². The van der Waals surface area contributed by atoms with Crippen LogP contribution >= 0.6 is 0 Å². The Kier molecular flexibility index (Phi) is 4.47. The predicted molar refractivity (Wildman–Crippen MR) is 42.2 cm³/mol. The van der Waals surface area contributed by atoms with Gasteiger partial charge in [-0.3, -0.25) is 0 Å². The molecule has 0 unspecified atom stereocenters. The fourth-order valence-corrected chi connectivity index (χ4v) is 0.215. The van der Waals surface area contributed by atoms with Crippen molar-refractivity contribution in [1.82, 2.24) is 9.97 Å². The number of aromatic amines is 1. The number of imidazole rings is 1. The van der Waals surface area contributed by atoms with Gasteiger partial charge in [-0.05, 0) is 6.92 Å². The highest BCUT2D eigenvalue weighted by molar-refractivity contribution is 7.89. The smallest absolute Gasteiger partial charge is 0.208 e. The summed E-state index contributed by atoms with van der Waals surface area (Å²) in [6, 6.07) is 0. The lowest BCUT2D eigenvalue weighted by Gasteiger charge is -1.81. The third-order valence-electron chi connectivity index (χ3n) is 0.808. The van der Waals surface area contributed by atoms with Crippen molar-refractivity contribution in [3.05, 3.63) is 18.7 Å². The van der Waals surface area contributed by atoms with Crippen LogP contribution in [0, 0.1) is 0 Å². The molecule has 0 aromatic carbocycles. The molecule has 0 aliphatic rings. The molecule has 0 bridgehead atoms. The molecular formula is C5H11N3O2S. The van der Waals surface area contributed by atoms with E-state index in [1.54, 1.807) is 18.7 Å². The molecule has 0 saturated heterocycles. The van der Waals surface area contributed by atoms with Crippen LogP contribution in [0.25, 0.3) is 0 Å². The van der Waals surface area contributed by atoms with Crippen molar-refractivity contribution in [2.75, 3.05) is 5.75 Å². The number of rotatable bonds is 1. The summed E-state index contributed by atoms with van der Waals surface area (Å²) in [6.45, 7) is 1.50. The summed E-state index contributed by atoms with van der Waals surface area (Å²) in [4.78, 5) is 6.42. The number of nitrogens with one attached hydrogen (secondary N) is 1. The lowest BCUT2D eigenvalue weighted by molar-refractivity contribution is 0.599. The van der Waals surface area contributed by atoms with Gasteiger partial charge in [0.2, 0.25) is 10.0 Å². The largest absolute Gasteiger partial charge is 0.351 e. The molecule has 0 fully saturated rings. The molecule has 64 valence electrons. The van der Waals surface area contributed by atoms with Crippen molar-refractivity contribution in [3.63, 3.8) is 0 Å². The molecule has 6 heteroatoms. The van der Waals surface area contributed by atoms with Crippen LogP contribution in [0.3, 0.4) is 0 Å². The average molecular weight is 177 g/mol. The summed E-state index contributed by atoms with van der Waals surface area (Å²) in [5.41, 5.74) is 0. The number of nitrogens with zero attached hydrogens (tertiary/aromatic N) is 1. The van der Waals surface area contributed by atoms with E-state index in [-0.39, 0.29) is 5.75 Å². The van der Waals surface area contributed by atoms with Gasteiger partial charge in [-0.15, -0.1) is 0 Å². The van der Waals surface area contributed by atoms with Crippen LogP contribution in [0.4, 0.5) is 0 Å². The first-order valence-electron chi connectivity index (χ1n) is 2.99. The summed E-state index contributed by atoms with van der Waals surface area (Å²) < 4.78 is 19.6. The van der Waals surface area contributed by atoms with E-state index in [9.17, 15) is 8.42 Å². The second kappa shape index (κ2) is 4.86. The number of H-pyrrole nitrogens is 1. The van der Waals surface area contributed by atoms with Gasteiger partial charge < -0.3 is 4.98 Å². The Morgan fingerprint density at radius 1 is 1.64 bits per heavy atom. The van der Waals surface area contributed by atoms with Gasteiger partial charge in [0.1, 0.15) is 0 Å². The van der Waals surface area contributed by atoms with Crippen molar-refractivity contribution in [3.8, 4) is 0 Å². The summed E-state index contributed by atoms with van der Waals surface area (Å²) in [7, 11) is -3.16. The highest BCUT2D eigenvalue weighted by Gasteiger charge is 1.90. The molecule has 1 aromatic rings. The number of primary sulfonamides is 1. The normalized spacial score (nSPS) is 10.0. The molecule has 0 aliphatic heterocycles. The fraction of sp³-hybridized carbons (Fsp3) is 0.400. The van der Waals surface area contributed by atoms with Gasteiger partial charge in [0, 0.05) is 12.4 Å². The van der Waals surface area contributed by atoms with E-state index in [2.05, 4.69) is 15.1 Å². The molecule has 0 radical (unpaired) electrons. The Hall–Kier alpha value is -0.880. The average Bonchev–Trinajstić information content (AvgIpc) is 2.41. The molecule has 1 heterocycles. The quantitative estimate of drug-likeness (QED) is 0.617. The molecule has 0 saturated carbocycles. The van der Waals surface area contributed by atoms with Crippen molar-refractivity contribution in [2.45, 2.75) is 6.92 Å². The van der Waals surface area contributed by atoms with E-state index in [1.165, 1.54) is 6.92 Å². The second-order valence-corrected chi connectivity index (χ2v) is 3.62. The van der Waals surface area contributed by atoms with Crippen LogP contribution in [0.1, 0.15) is 6.92 Å². The van der Waals surface area contributed by atoms with Crippen LogP contribution in [-0.2, 0) is 10.0 Å². The Morgan fingerprint density at radius 3 is 2.27 bits per heavy atom. The molecule has 3 N–H and O–H groups in total. The maximum absolute atomic E-state index is 9.78. The minimum Gasteiger partial charge on any atom is -0.351 e. The number of sulfonamides is 1. The standard InChI is InChI=1S/C3H4N2.C2H7NO2S/c1-2-5-3-4-1;1-2-6(3,4)5/h1-3H,(H,4,5);2H2,1H3,(H2,3,4,5). The number of nitrogens with two attached hydrogens (primary N) is 1. The van der Waals surface area contributed by atoms with Crippen LogP contribution < -0.4 is 5.14 Å². The molecule has 0 spiro atoms. The first kappa shape index (κ1) is 10.1. The van der Waals surface area contributed by atoms with E-state index in [0.29, 0.717) is 0 Å². The van der Waals surface area contributed by atoms with Crippen molar-refractivity contribution >= 4 is 10.0 Å².